The Morgan fingerprint density at radius 3 is 2.75 bits per heavy atom. The molecule has 4 N–H and O–H groups in total. The van der Waals surface area contributed by atoms with Crippen molar-refractivity contribution >= 4 is 5.91 Å². The fourth-order valence-electron chi connectivity index (χ4n) is 2.74. The van der Waals surface area contributed by atoms with Gasteiger partial charge in [-0.2, -0.15) is 0 Å². The third-order valence-corrected chi connectivity index (χ3v) is 4.09. The van der Waals surface area contributed by atoms with Crippen LogP contribution in [0.3, 0.4) is 0 Å². The van der Waals surface area contributed by atoms with Crippen molar-refractivity contribution in [2.24, 2.45) is 11.7 Å². The van der Waals surface area contributed by atoms with E-state index in [1.165, 1.54) is 0 Å². The Morgan fingerprint density at radius 2 is 2.10 bits per heavy atom. The lowest BCUT2D eigenvalue weighted by atomic mass is 10.0. The second-order valence-corrected chi connectivity index (χ2v) is 5.62. The Labute approximate surface area is 120 Å². The number of benzene rings is 1. The number of amides is 1. The van der Waals surface area contributed by atoms with Gasteiger partial charge in [0.05, 0.1) is 6.10 Å². The van der Waals surface area contributed by atoms with Crippen LogP contribution in [0.1, 0.15) is 43.7 Å². The van der Waals surface area contributed by atoms with Gasteiger partial charge in [-0.25, -0.2) is 0 Å². The van der Waals surface area contributed by atoms with E-state index in [9.17, 15) is 9.90 Å². The van der Waals surface area contributed by atoms with Gasteiger partial charge in [-0.05, 0) is 24.8 Å². The third kappa shape index (κ3) is 4.32. The summed E-state index contributed by atoms with van der Waals surface area (Å²) < 4.78 is 0. The smallest absolute Gasteiger partial charge is 0.220 e. The van der Waals surface area contributed by atoms with E-state index in [2.05, 4.69) is 5.32 Å². The second kappa shape index (κ2) is 7.41. The topological polar surface area (TPSA) is 75.4 Å². The molecule has 1 fully saturated rings. The van der Waals surface area contributed by atoms with Crippen LogP contribution in [-0.2, 0) is 4.79 Å². The summed E-state index contributed by atoms with van der Waals surface area (Å²) in [6.45, 7) is 0.584. The molecule has 2 rings (SSSR count). The summed E-state index contributed by atoms with van der Waals surface area (Å²) in [5.74, 6) is 0.247. The quantitative estimate of drug-likeness (QED) is 0.741. The molecule has 110 valence electrons. The molecule has 0 radical (unpaired) electrons. The number of nitrogens with two attached hydrogens (primary N) is 1. The van der Waals surface area contributed by atoms with E-state index < -0.39 is 0 Å². The van der Waals surface area contributed by atoms with E-state index in [4.69, 9.17) is 5.73 Å². The average molecular weight is 276 g/mol. The van der Waals surface area contributed by atoms with Crippen molar-refractivity contribution < 1.29 is 9.90 Å². The first-order chi connectivity index (χ1) is 9.66. The lowest BCUT2D eigenvalue weighted by Crippen LogP contribution is -2.32. The minimum atomic E-state index is -0.248. The van der Waals surface area contributed by atoms with Gasteiger partial charge in [-0.15, -0.1) is 0 Å². The first-order valence-corrected chi connectivity index (χ1v) is 7.42. The van der Waals surface area contributed by atoms with Gasteiger partial charge in [-0.1, -0.05) is 36.8 Å². The van der Waals surface area contributed by atoms with Crippen LogP contribution in [0.15, 0.2) is 30.3 Å². The molecule has 4 heteroatoms. The minimum Gasteiger partial charge on any atom is -0.393 e. The van der Waals surface area contributed by atoms with Crippen LogP contribution in [0.5, 0.6) is 0 Å². The Bertz CT molecular complexity index is 422. The van der Waals surface area contributed by atoms with Crippen LogP contribution in [-0.4, -0.2) is 23.7 Å². The summed E-state index contributed by atoms with van der Waals surface area (Å²) >= 11 is 0. The number of carbonyl (C=O) groups excluding carboxylic acids is 1. The van der Waals surface area contributed by atoms with E-state index in [0.717, 1.165) is 24.8 Å². The number of nitrogens with one attached hydrogen (secondary N) is 1. The highest BCUT2D eigenvalue weighted by atomic mass is 16.3. The molecule has 0 saturated heterocycles. The highest BCUT2D eigenvalue weighted by molar-refractivity contribution is 5.75. The molecular weight excluding hydrogens is 252 g/mol. The van der Waals surface area contributed by atoms with Crippen molar-refractivity contribution in [1.29, 1.82) is 0 Å². The molecule has 1 aliphatic carbocycles. The zero-order valence-corrected chi connectivity index (χ0v) is 11.8. The van der Waals surface area contributed by atoms with Crippen LogP contribution in [0, 0.1) is 5.92 Å². The van der Waals surface area contributed by atoms with Crippen LogP contribution < -0.4 is 11.1 Å². The molecule has 0 bridgehead atoms. The second-order valence-electron chi connectivity index (χ2n) is 5.62. The van der Waals surface area contributed by atoms with Gasteiger partial charge in [0.25, 0.3) is 0 Å². The predicted octanol–water partition coefficient (Wildman–Crippen LogP) is 1.74. The molecule has 20 heavy (non-hydrogen) atoms. The third-order valence-electron chi connectivity index (χ3n) is 4.09. The van der Waals surface area contributed by atoms with Gasteiger partial charge >= 0.3 is 0 Å². The lowest BCUT2D eigenvalue weighted by molar-refractivity contribution is -0.121. The number of aliphatic hydroxyl groups excluding tert-OH is 1. The number of hydrogen-bond donors (Lipinski definition) is 3. The number of rotatable bonds is 6. The van der Waals surface area contributed by atoms with Gasteiger partial charge < -0.3 is 16.2 Å². The zero-order chi connectivity index (χ0) is 14.4. The largest absolute Gasteiger partial charge is 0.393 e. The van der Waals surface area contributed by atoms with Crippen LogP contribution >= 0.6 is 0 Å². The lowest BCUT2D eigenvalue weighted by Gasteiger charge is -2.16. The summed E-state index contributed by atoms with van der Waals surface area (Å²) in [5.41, 5.74) is 7.13. The van der Waals surface area contributed by atoms with Gasteiger partial charge in [0.2, 0.25) is 5.91 Å². The normalized spacial score (nSPS) is 23.5. The fraction of sp³-hybridized carbons (Fsp3) is 0.562. The SMILES string of the molecule is NC(CCC(=O)NCC1CCCC1O)c1ccccc1. The first-order valence-electron chi connectivity index (χ1n) is 7.42. The summed E-state index contributed by atoms with van der Waals surface area (Å²) in [6, 6.07) is 9.73. The standard InChI is InChI=1S/C16H24N2O2/c17-14(12-5-2-1-3-6-12)9-10-16(20)18-11-13-7-4-8-15(13)19/h1-3,5-6,13-15,19H,4,7-11,17H2,(H,18,20). The summed E-state index contributed by atoms with van der Waals surface area (Å²) in [6.07, 6.45) is 3.74. The van der Waals surface area contributed by atoms with Crippen molar-refractivity contribution in [3.05, 3.63) is 35.9 Å². The maximum Gasteiger partial charge on any atom is 0.220 e. The van der Waals surface area contributed by atoms with Gasteiger partial charge in [0, 0.05) is 24.9 Å². The first kappa shape index (κ1) is 15.0. The molecular formula is C16H24N2O2. The summed E-state index contributed by atoms with van der Waals surface area (Å²) in [4.78, 5) is 11.8. The molecule has 1 amide bonds. The molecule has 0 spiro atoms. The molecule has 1 aliphatic rings. The average Bonchev–Trinajstić information content (AvgIpc) is 2.89. The number of aliphatic hydroxyl groups is 1. The van der Waals surface area contributed by atoms with Crippen LogP contribution in [0.2, 0.25) is 0 Å². The van der Waals surface area contributed by atoms with Crippen molar-refractivity contribution in [2.75, 3.05) is 6.54 Å². The Kier molecular flexibility index (Phi) is 5.56. The van der Waals surface area contributed by atoms with Crippen molar-refractivity contribution in [3.63, 3.8) is 0 Å². The van der Waals surface area contributed by atoms with E-state index in [0.29, 0.717) is 19.4 Å². The van der Waals surface area contributed by atoms with Gasteiger partial charge in [-0.3, -0.25) is 4.79 Å². The fourth-order valence-corrected chi connectivity index (χ4v) is 2.74. The summed E-state index contributed by atoms with van der Waals surface area (Å²) in [5, 5.41) is 12.6. The maximum absolute atomic E-state index is 11.8. The van der Waals surface area contributed by atoms with Crippen LogP contribution in [0.25, 0.3) is 0 Å². The van der Waals surface area contributed by atoms with Crippen molar-refractivity contribution in [3.8, 4) is 0 Å². The molecule has 1 aromatic rings. The monoisotopic (exact) mass is 276 g/mol. The summed E-state index contributed by atoms with van der Waals surface area (Å²) in [7, 11) is 0. The molecule has 0 heterocycles. The van der Waals surface area contributed by atoms with Gasteiger partial charge in [0.15, 0.2) is 0 Å². The molecule has 3 atom stereocenters. The van der Waals surface area contributed by atoms with E-state index in [1.807, 2.05) is 30.3 Å². The molecule has 1 aromatic carbocycles. The molecule has 3 unspecified atom stereocenters. The highest BCUT2D eigenvalue weighted by Crippen LogP contribution is 2.24. The van der Waals surface area contributed by atoms with Crippen LogP contribution in [0.4, 0.5) is 0 Å². The van der Waals surface area contributed by atoms with E-state index in [-0.39, 0.29) is 24.0 Å². The van der Waals surface area contributed by atoms with E-state index >= 15 is 0 Å². The Hall–Kier alpha value is -1.39. The number of hydrogen-bond acceptors (Lipinski definition) is 3. The predicted molar refractivity (Wildman–Crippen MR) is 79.0 cm³/mol. The highest BCUT2D eigenvalue weighted by Gasteiger charge is 2.25. The zero-order valence-electron chi connectivity index (χ0n) is 11.8. The number of carbonyl (C=O) groups is 1. The molecule has 0 aliphatic heterocycles. The van der Waals surface area contributed by atoms with E-state index in [1.54, 1.807) is 0 Å². The Balaban J connectivity index is 1.67. The minimum absolute atomic E-state index is 0.0236. The molecule has 1 saturated carbocycles. The van der Waals surface area contributed by atoms with Gasteiger partial charge in [0.1, 0.15) is 0 Å². The van der Waals surface area contributed by atoms with Crippen molar-refractivity contribution in [1.82, 2.24) is 5.32 Å². The maximum atomic E-state index is 11.8. The van der Waals surface area contributed by atoms with Crippen molar-refractivity contribution in [2.45, 2.75) is 44.2 Å². The molecule has 0 aromatic heterocycles. The molecule has 4 nitrogen and oxygen atoms in total. The Morgan fingerprint density at radius 1 is 1.35 bits per heavy atom.